The predicted molar refractivity (Wildman–Crippen MR) is 64.0 cm³/mol. The van der Waals surface area contributed by atoms with Crippen LogP contribution >= 0.6 is 11.3 Å². The minimum Gasteiger partial charge on any atom is -0.465 e. The standard InChI is InChI=1S/C12H12O2S/c1-4-6-9(5-2)11-10(7-8-15-11)12(13)14-3/h4-8H,1-2H2,3H3. The summed E-state index contributed by atoms with van der Waals surface area (Å²) >= 11 is 1.48. The van der Waals surface area contributed by atoms with Gasteiger partial charge in [-0.25, -0.2) is 4.79 Å². The molecule has 0 aromatic carbocycles. The fraction of sp³-hybridized carbons (Fsp3) is 0.0833. The second-order valence-corrected chi connectivity index (χ2v) is 3.63. The van der Waals surface area contributed by atoms with E-state index in [2.05, 4.69) is 17.9 Å². The lowest BCUT2D eigenvalue weighted by Gasteiger charge is -2.01. The van der Waals surface area contributed by atoms with Gasteiger partial charge >= 0.3 is 5.97 Å². The molecule has 0 fully saturated rings. The van der Waals surface area contributed by atoms with Gasteiger partial charge in [0, 0.05) is 4.88 Å². The molecule has 1 heterocycles. The Morgan fingerprint density at radius 2 is 2.27 bits per heavy atom. The van der Waals surface area contributed by atoms with Gasteiger partial charge in [0.2, 0.25) is 0 Å². The van der Waals surface area contributed by atoms with Crippen LogP contribution in [0.25, 0.3) is 5.57 Å². The Hall–Kier alpha value is -1.61. The van der Waals surface area contributed by atoms with Crippen LogP contribution in [0.15, 0.2) is 42.8 Å². The van der Waals surface area contributed by atoms with Crippen LogP contribution in [-0.2, 0) is 4.74 Å². The van der Waals surface area contributed by atoms with Crippen molar-refractivity contribution in [3.8, 4) is 0 Å². The summed E-state index contributed by atoms with van der Waals surface area (Å²) in [5, 5.41) is 1.85. The van der Waals surface area contributed by atoms with Gasteiger partial charge in [0.1, 0.15) is 0 Å². The van der Waals surface area contributed by atoms with Gasteiger partial charge in [0.05, 0.1) is 12.7 Å². The number of hydrogen-bond donors (Lipinski definition) is 0. The number of carbonyl (C=O) groups excluding carboxylic acids is 1. The first kappa shape index (κ1) is 11.5. The highest BCUT2D eigenvalue weighted by Crippen LogP contribution is 2.26. The molecule has 1 aromatic heterocycles. The highest BCUT2D eigenvalue weighted by molar-refractivity contribution is 7.11. The van der Waals surface area contributed by atoms with Gasteiger partial charge in [-0.1, -0.05) is 31.4 Å². The van der Waals surface area contributed by atoms with Crippen molar-refractivity contribution in [3.05, 3.63) is 53.3 Å². The molecule has 0 N–H and O–H groups in total. The van der Waals surface area contributed by atoms with Gasteiger partial charge in [-0.05, 0) is 17.0 Å². The SMILES string of the molecule is C=CC=C(C=C)c1sccc1C(=O)OC. The van der Waals surface area contributed by atoms with Crippen molar-refractivity contribution < 1.29 is 9.53 Å². The summed E-state index contributed by atoms with van der Waals surface area (Å²) in [7, 11) is 1.37. The number of methoxy groups -OCH3 is 1. The summed E-state index contributed by atoms with van der Waals surface area (Å²) in [6, 6.07) is 1.74. The lowest BCUT2D eigenvalue weighted by atomic mass is 10.1. The van der Waals surface area contributed by atoms with Gasteiger partial charge < -0.3 is 4.74 Å². The van der Waals surface area contributed by atoms with Crippen LogP contribution in [0.4, 0.5) is 0 Å². The molecule has 78 valence electrons. The fourth-order valence-corrected chi connectivity index (χ4v) is 2.07. The van der Waals surface area contributed by atoms with Crippen molar-refractivity contribution in [1.29, 1.82) is 0 Å². The highest BCUT2D eigenvalue weighted by atomic mass is 32.1. The minimum absolute atomic E-state index is 0.330. The van der Waals surface area contributed by atoms with E-state index in [1.54, 1.807) is 18.2 Å². The molecule has 0 aliphatic rings. The zero-order valence-electron chi connectivity index (χ0n) is 8.53. The Bertz CT molecular complexity index is 413. The average molecular weight is 220 g/mol. The third-order valence-corrected chi connectivity index (χ3v) is 2.81. The van der Waals surface area contributed by atoms with Gasteiger partial charge in [0.15, 0.2) is 0 Å². The van der Waals surface area contributed by atoms with E-state index in [0.29, 0.717) is 5.56 Å². The molecule has 2 nitrogen and oxygen atoms in total. The number of thiophene rings is 1. The van der Waals surface area contributed by atoms with Crippen molar-refractivity contribution in [2.75, 3.05) is 7.11 Å². The lowest BCUT2D eigenvalue weighted by molar-refractivity contribution is 0.0601. The number of rotatable bonds is 4. The van der Waals surface area contributed by atoms with Crippen LogP contribution in [0, 0.1) is 0 Å². The second-order valence-electron chi connectivity index (χ2n) is 2.72. The molecule has 1 aromatic rings. The molecular formula is C12H12O2S. The van der Waals surface area contributed by atoms with Crippen molar-refractivity contribution >= 4 is 22.9 Å². The third kappa shape index (κ3) is 2.44. The van der Waals surface area contributed by atoms with Crippen LogP contribution < -0.4 is 0 Å². The minimum atomic E-state index is -0.330. The predicted octanol–water partition coefficient (Wildman–Crippen LogP) is 3.29. The first-order chi connectivity index (χ1) is 7.24. The Balaban J connectivity index is 3.19. The molecule has 0 radical (unpaired) electrons. The Morgan fingerprint density at radius 1 is 1.53 bits per heavy atom. The van der Waals surface area contributed by atoms with Crippen LogP contribution in [0.5, 0.6) is 0 Å². The monoisotopic (exact) mass is 220 g/mol. The highest BCUT2D eigenvalue weighted by Gasteiger charge is 2.14. The van der Waals surface area contributed by atoms with Crippen molar-refractivity contribution in [1.82, 2.24) is 0 Å². The molecule has 15 heavy (non-hydrogen) atoms. The quantitative estimate of drug-likeness (QED) is 0.575. The van der Waals surface area contributed by atoms with E-state index in [-0.39, 0.29) is 5.97 Å². The zero-order valence-corrected chi connectivity index (χ0v) is 9.34. The van der Waals surface area contributed by atoms with Crippen LogP contribution in [0.3, 0.4) is 0 Å². The van der Waals surface area contributed by atoms with Gasteiger partial charge in [-0.15, -0.1) is 11.3 Å². The number of allylic oxidation sites excluding steroid dienone is 4. The number of esters is 1. The molecule has 0 unspecified atom stereocenters. The van der Waals surface area contributed by atoms with Crippen molar-refractivity contribution in [2.24, 2.45) is 0 Å². The maximum atomic E-state index is 11.4. The number of carbonyl (C=O) groups is 1. The summed E-state index contributed by atoms with van der Waals surface area (Å²) in [6.45, 7) is 7.32. The summed E-state index contributed by atoms with van der Waals surface area (Å²) in [5.74, 6) is -0.330. The second kappa shape index (κ2) is 5.32. The number of ether oxygens (including phenoxy) is 1. The lowest BCUT2D eigenvalue weighted by Crippen LogP contribution is -2.01. The topological polar surface area (TPSA) is 26.3 Å². The maximum absolute atomic E-state index is 11.4. The summed E-state index contributed by atoms with van der Waals surface area (Å²) in [6.07, 6.45) is 5.17. The molecule has 0 amide bonds. The molecule has 0 saturated heterocycles. The molecule has 0 saturated carbocycles. The third-order valence-electron chi connectivity index (χ3n) is 1.85. The molecule has 0 spiro atoms. The van der Waals surface area contributed by atoms with E-state index in [1.807, 2.05) is 11.5 Å². The zero-order chi connectivity index (χ0) is 11.3. The molecular weight excluding hydrogens is 208 g/mol. The first-order valence-corrected chi connectivity index (χ1v) is 5.24. The maximum Gasteiger partial charge on any atom is 0.339 e. The Labute approximate surface area is 93.2 Å². The van der Waals surface area contributed by atoms with E-state index in [1.165, 1.54) is 18.4 Å². The smallest absolute Gasteiger partial charge is 0.339 e. The fourth-order valence-electron chi connectivity index (χ4n) is 1.17. The van der Waals surface area contributed by atoms with Crippen LogP contribution in [0.1, 0.15) is 15.2 Å². The largest absolute Gasteiger partial charge is 0.465 e. The molecule has 1 rings (SSSR count). The summed E-state index contributed by atoms with van der Waals surface area (Å²) < 4.78 is 4.69. The Morgan fingerprint density at radius 3 is 2.80 bits per heavy atom. The van der Waals surface area contributed by atoms with Gasteiger partial charge in [-0.3, -0.25) is 0 Å². The molecule has 0 atom stereocenters. The summed E-state index contributed by atoms with van der Waals surface area (Å²) in [5.41, 5.74) is 1.44. The summed E-state index contributed by atoms with van der Waals surface area (Å²) in [4.78, 5) is 12.3. The molecule has 0 aliphatic heterocycles. The van der Waals surface area contributed by atoms with Crippen molar-refractivity contribution in [3.63, 3.8) is 0 Å². The van der Waals surface area contributed by atoms with E-state index in [9.17, 15) is 4.79 Å². The van der Waals surface area contributed by atoms with E-state index < -0.39 is 0 Å². The number of hydrogen-bond acceptors (Lipinski definition) is 3. The normalized spacial score (nSPS) is 10.9. The molecule has 0 aliphatic carbocycles. The van der Waals surface area contributed by atoms with E-state index >= 15 is 0 Å². The van der Waals surface area contributed by atoms with E-state index in [4.69, 9.17) is 0 Å². The Kier molecular flexibility index (Phi) is 4.06. The van der Waals surface area contributed by atoms with Crippen LogP contribution in [0.2, 0.25) is 0 Å². The van der Waals surface area contributed by atoms with E-state index in [0.717, 1.165) is 10.5 Å². The van der Waals surface area contributed by atoms with Crippen LogP contribution in [-0.4, -0.2) is 13.1 Å². The molecule has 3 heteroatoms. The first-order valence-electron chi connectivity index (χ1n) is 4.36. The molecule has 0 bridgehead atoms. The van der Waals surface area contributed by atoms with Gasteiger partial charge in [-0.2, -0.15) is 0 Å². The van der Waals surface area contributed by atoms with Gasteiger partial charge in [0.25, 0.3) is 0 Å². The average Bonchev–Trinajstić information content (AvgIpc) is 2.73. The van der Waals surface area contributed by atoms with Crippen molar-refractivity contribution in [2.45, 2.75) is 0 Å².